The lowest BCUT2D eigenvalue weighted by Crippen LogP contribution is -2.12. The number of hydrogen-bond acceptors (Lipinski definition) is 2. The summed E-state index contributed by atoms with van der Waals surface area (Å²) in [7, 11) is 0. The van der Waals surface area contributed by atoms with E-state index < -0.39 is 0 Å². The maximum absolute atomic E-state index is 9.44. The van der Waals surface area contributed by atoms with E-state index in [1.54, 1.807) is 6.92 Å². The first kappa shape index (κ1) is 5.94. The molecule has 0 atom stereocenters. The Labute approximate surface area is 41.4 Å². The summed E-state index contributed by atoms with van der Waals surface area (Å²) >= 11 is 0. The largest absolute Gasteiger partial charge is 0.386 e. The van der Waals surface area contributed by atoms with Gasteiger partial charge in [-0.2, -0.15) is 5.10 Å². The third-order valence-corrected chi connectivity index (χ3v) is 0.294. The summed E-state index contributed by atoms with van der Waals surface area (Å²) in [6, 6.07) is 0. The highest BCUT2D eigenvalue weighted by Gasteiger charge is 1.70. The molecule has 0 spiro atoms. The molecule has 40 valence electrons. The highest BCUT2D eigenvalue weighted by Crippen LogP contribution is 1.54. The Balaban J connectivity index is 3.25. The molecule has 3 N–H and O–H groups in total. The van der Waals surface area contributed by atoms with Gasteiger partial charge in [0.15, 0.2) is 0 Å². The van der Waals surface area contributed by atoms with E-state index in [0.717, 1.165) is 0 Å². The zero-order chi connectivity index (χ0) is 5.70. The van der Waals surface area contributed by atoms with E-state index in [2.05, 4.69) is 5.10 Å². The molecule has 0 saturated heterocycles. The van der Waals surface area contributed by atoms with E-state index in [1.807, 2.05) is 5.43 Å². The third-order valence-electron chi connectivity index (χ3n) is 0.294. The van der Waals surface area contributed by atoms with E-state index in [0.29, 0.717) is 12.2 Å². The monoisotopic (exact) mass is 101 g/mol. The van der Waals surface area contributed by atoms with Crippen LogP contribution in [-0.4, -0.2) is 12.2 Å². The molecule has 0 aromatic carbocycles. The van der Waals surface area contributed by atoms with Crippen LogP contribution in [0.4, 0.5) is 0 Å². The molecule has 0 aliphatic heterocycles. The van der Waals surface area contributed by atoms with Crippen LogP contribution >= 0.6 is 0 Å². The molecule has 0 aromatic rings. The van der Waals surface area contributed by atoms with Crippen LogP contribution in [0.15, 0.2) is 5.10 Å². The number of nitrogens with one attached hydrogen (secondary N) is 1. The van der Waals surface area contributed by atoms with Crippen LogP contribution in [0.3, 0.4) is 0 Å². The molecule has 0 rings (SSSR count). The molecule has 0 unspecified atom stereocenters. The van der Waals surface area contributed by atoms with Crippen LogP contribution in [0.25, 0.3) is 0 Å². The smallest absolute Gasteiger partial charge is 0.227 e. The molecule has 4 heteroatoms. The van der Waals surface area contributed by atoms with E-state index in [-0.39, 0.29) is 0 Å². The van der Waals surface area contributed by atoms with Gasteiger partial charge in [0.2, 0.25) is 6.41 Å². The van der Waals surface area contributed by atoms with Gasteiger partial charge in [0.1, 0.15) is 5.84 Å². The van der Waals surface area contributed by atoms with Crippen molar-refractivity contribution < 1.29 is 4.79 Å². The molecule has 0 heterocycles. The van der Waals surface area contributed by atoms with Gasteiger partial charge in [0.25, 0.3) is 0 Å². The van der Waals surface area contributed by atoms with E-state index >= 15 is 0 Å². The van der Waals surface area contributed by atoms with Crippen molar-refractivity contribution in [2.24, 2.45) is 10.8 Å². The number of carbonyl (C=O) groups excluding carboxylic acids is 1. The van der Waals surface area contributed by atoms with Crippen molar-refractivity contribution in [1.82, 2.24) is 5.43 Å². The van der Waals surface area contributed by atoms with Gasteiger partial charge in [-0.15, -0.1) is 0 Å². The molecule has 0 aliphatic rings. The molecule has 0 aromatic heterocycles. The number of hydrogen-bond donors (Lipinski definition) is 2. The summed E-state index contributed by atoms with van der Waals surface area (Å²) in [6.45, 7) is 1.58. The Kier molecular flexibility index (Phi) is 2.67. The van der Waals surface area contributed by atoms with Crippen LogP contribution in [0.5, 0.6) is 0 Å². The molecule has 0 fully saturated rings. The summed E-state index contributed by atoms with van der Waals surface area (Å²) in [5.41, 5.74) is 7.04. The lowest BCUT2D eigenvalue weighted by atomic mass is 10.7. The van der Waals surface area contributed by atoms with Gasteiger partial charge in [0, 0.05) is 0 Å². The van der Waals surface area contributed by atoms with E-state index in [4.69, 9.17) is 5.73 Å². The second kappa shape index (κ2) is 3.14. The normalized spacial score (nSPS) is 10.7. The van der Waals surface area contributed by atoms with Gasteiger partial charge in [-0.1, -0.05) is 0 Å². The number of amidine groups is 1. The molecule has 0 bridgehead atoms. The zero-order valence-electron chi connectivity index (χ0n) is 4.01. The Hall–Kier alpha value is -1.06. The van der Waals surface area contributed by atoms with E-state index in [9.17, 15) is 4.79 Å². The van der Waals surface area contributed by atoms with Crippen LogP contribution < -0.4 is 11.2 Å². The second-order valence-corrected chi connectivity index (χ2v) is 1.00. The van der Waals surface area contributed by atoms with Gasteiger partial charge < -0.3 is 5.73 Å². The summed E-state index contributed by atoms with van der Waals surface area (Å²) in [5, 5.41) is 3.32. The molecule has 4 nitrogen and oxygen atoms in total. The summed E-state index contributed by atoms with van der Waals surface area (Å²) in [6.07, 6.45) is 0.455. The lowest BCUT2D eigenvalue weighted by Gasteiger charge is -1.84. The number of rotatable bonds is 2. The predicted molar refractivity (Wildman–Crippen MR) is 26.5 cm³/mol. The molecule has 0 saturated carbocycles. The Morgan fingerprint density at radius 1 is 2.00 bits per heavy atom. The minimum Gasteiger partial charge on any atom is -0.386 e. The van der Waals surface area contributed by atoms with E-state index in [1.165, 1.54) is 0 Å². The average molecular weight is 101 g/mol. The summed E-state index contributed by atoms with van der Waals surface area (Å²) in [5.74, 6) is 0.340. The molecule has 7 heavy (non-hydrogen) atoms. The quantitative estimate of drug-likeness (QED) is 0.203. The number of amides is 1. The molecular formula is C3H7N3O. The van der Waals surface area contributed by atoms with Crippen molar-refractivity contribution >= 4 is 12.2 Å². The van der Waals surface area contributed by atoms with Gasteiger partial charge in [0.05, 0.1) is 0 Å². The molecule has 1 amide bonds. The fourth-order valence-corrected chi connectivity index (χ4v) is 0.128. The van der Waals surface area contributed by atoms with Crippen molar-refractivity contribution in [3.8, 4) is 0 Å². The van der Waals surface area contributed by atoms with Gasteiger partial charge in [-0.05, 0) is 6.92 Å². The zero-order valence-corrected chi connectivity index (χ0v) is 4.01. The van der Waals surface area contributed by atoms with Gasteiger partial charge in [-0.25, -0.2) is 5.43 Å². The first-order chi connectivity index (χ1) is 3.27. The van der Waals surface area contributed by atoms with Crippen molar-refractivity contribution in [3.05, 3.63) is 0 Å². The minimum atomic E-state index is 0.340. The first-order valence-electron chi connectivity index (χ1n) is 1.76. The Morgan fingerprint density at radius 3 is 2.71 bits per heavy atom. The van der Waals surface area contributed by atoms with Crippen LogP contribution in [0.2, 0.25) is 0 Å². The topological polar surface area (TPSA) is 67.5 Å². The van der Waals surface area contributed by atoms with Crippen LogP contribution in [0.1, 0.15) is 6.92 Å². The Bertz CT molecular complexity index is 84.2. The van der Waals surface area contributed by atoms with Crippen molar-refractivity contribution in [2.45, 2.75) is 6.92 Å². The minimum absolute atomic E-state index is 0.340. The van der Waals surface area contributed by atoms with Gasteiger partial charge in [-0.3, -0.25) is 4.79 Å². The fraction of sp³-hybridized carbons (Fsp3) is 0.333. The number of nitrogens with two attached hydrogens (primary N) is 1. The van der Waals surface area contributed by atoms with Crippen LogP contribution in [0, 0.1) is 0 Å². The number of hydrazone groups is 1. The molecular weight excluding hydrogens is 94.1 g/mol. The second-order valence-electron chi connectivity index (χ2n) is 1.00. The number of nitrogens with zero attached hydrogens (tertiary/aromatic N) is 1. The number of carbonyl (C=O) groups is 1. The van der Waals surface area contributed by atoms with Crippen LogP contribution in [-0.2, 0) is 4.79 Å². The average Bonchev–Trinajstić information content (AvgIpc) is 1.61. The predicted octanol–water partition coefficient (Wildman–Crippen LogP) is -0.976. The lowest BCUT2D eigenvalue weighted by molar-refractivity contribution is -0.109. The Morgan fingerprint density at radius 2 is 2.57 bits per heavy atom. The maximum Gasteiger partial charge on any atom is 0.227 e. The third kappa shape index (κ3) is 4.94. The standard InChI is InChI=1S/C3H7N3O/c1-3(4)6-5-2-7/h2H,1H3,(H2,4,6)(H,5,7). The molecule has 0 aliphatic carbocycles. The molecule has 0 radical (unpaired) electrons. The first-order valence-corrected chi connectivity index (χ1v) is 1.76. The summed E-state index contributed by atoms with van der Waals surface area (Å²) < 4.78 is 0. The SMILES string of the molecule is C/C(N)=N\NC=O. The van der Waals surface area contributed by atoms with Crippen molar-refractivity contribution in [2.75, 3.05) is 0 Å². The summed E-state index contributed by atoms with van der Waals surface area (Å²) in [4.78, 5) is 9.44. The van der Waals surface area contributed by atoms with Gasteiger partial charge >= 0.3 is 0 Å². The van der Waals surface area contributed by atoms with Crippen molar-refractivity contribution in [3.63, 3.8) is 0 Å². The van der Waals surface area contributed by atoms with Crippen molar-refractivity contribution in [1.29, 1.82) is 0 Å². The highest BCUT2D eigenvalue weighted by atomic mass is 16.1. The maximum atomic E-state index is 9.44. The highest BCUT2D eigenvalue weighted by molar-refractivity contribution is 5.77. The fourth-order valence-electron chi connectivity index (χ4n) is 0.128.